The number of halogens is 1. The van der Waals surface area contributed by atoms with E-state index in [1.165, 1.54) is 19.3 Å². The van der Waals surface area contributed by atoms with Crippen LogP contribution in [-0.4, -0.2) is 18.6 Å². The zero-order chi connectivity index (χ0) is 9.68. The predicted octanol–water partition coefficient (Wildman–Crippen LogP) is 3.42. The maximum absolute atomic E-state index is 5.74. The second-order valence-electron chi connectivity index (χ2n) is 3.08. The van der Waals surface area contributed by atoms with Crippen molar-refractivity contribution in [1.29, 1.82) is 0 Å². The van der Waals surface area contributed by atoms with Gasteiger partial charge < -0.3 is 4.90 Å². The number of unbranched alkanes of at least 4 members (excludes halogenated alkanes) is 2. The zero-order valence-electron chi connectivity index (χ0n) is 8.09. The first-order chi connectivity index (χ1) is 6.24. The summed E-state index contributed by atoms with van der Waals surface area (Å²) in [5, 5.41) is 3.48. The average molecular weight is 219 g/mol. The fourth-order valence-electron chi connectivity index (χ4n) is 1.12. The Bertz CT molecular complexity index is 250. The molecule has 1 heterocycles. The third-order valence-corrected chi connectivity index (χ3v) is 3.17. The summed E-state index contributed by atoms with van der Waals surface area (Å²) < 4.78 is 0. The maximum atomic E-state index is 5.74. The van der Waals surface area contributed by atoms with Gasteiger partial charge in [-0.2, -0.15) is 0 Å². The van der Waals surface area contributed by atoms with Gasteiger partial charge in [0.2, 0.25) is 0 Å². The van der Waals surface area contributed by atoms with Gasteiger partial charge in [0.15, 0.2) is 5.13 Å². The molecule has 4 heteroatoms. The van der Waals surface area contributed by atoms with Crippen LogP contribution in [0.3, 0.4) is 0 Å². The van der Waals surface area contributed by atoms with E-state index in [1.807, 2.05) is 5.38 Å². The summed E-state index contributed by atoms with van der Waals surface area (Å²) in [6, 6.07) is 0. The van der Waals surface area contributed by atoms with Gasteiger partial charge in [0.05, 0.1) is 0 Å². The van der Waals surface area contributed by atoms with Crippen molar-refractivity contribution < 1.29 is 0 Å². The number of rotatable bonds is 5. The van der Waals surface area contributed by atoms with Gasteiger partial charge in [-0.3, -0.25) is 0 Å². The lowest BCUT2D eigenvalue weighted by Gasteiger charge is -2.14. The number of nitrogens with zero attached hydrogens (tertiary/aromatic N) is 2. The summed E-state index contributed by atoms with van der Waals surface area (Å²) in [5.74, 6) is 0. The van der Waals surface area contributed by atoms with Crippen molar-refractivity contribution in [2.75, 3.05) is 18.5 Å². The van der Waals surface area contributed by atoms with Crippen molar-refractivity contribution in [3.63, 3.8) is 0 Å². The fourth-order valence-corrected chi connectivity index (χ4v) is 2.06. The summed E-state index contributed by atoms with van der Waals surface area (Å²) in [4.78, 5) is 6.36. The standard InChI is InChI=1S/C9H15ClN2S/c1-3-4-5-6-12(2)9-11-8(10)7-13-9/h7H,3-6H2,1-2H3. The predicted molar refractivity (Wildman–Crippen MR) is 59.9 cm³/mol. The quantitative estimate of drug-likeness (QED) is 0.705. The highest BCUT2D eigenvalue weighted by Gasteiger charge is 2.04. The molecule has 0 fully saturated rings. The van der Waals surface area contributed by atoms with Crippen molar-refractivity contribution in [3.8, 4) is 0 Å². The van der Waals surface area contributed by atoms with E-state index in [9.17, 15) is 0 Å². The molecule has 13 heavy (non-hydrogen) atoms. The first kappa shape index (κ1) is 10.8. The van der Waals surface area contributed by atoms with Crippen LogP contribution < -0.4 is 4.90 Å². The van der Waals surface area contributed by atoms with Crippen molar-refractivity contribution in [1.82, 2.24) is 4.98 Å². The Balaban J connectivity index is 2.35. The highest BCUT2D eigenvalue weighted by atomic mass is 35.5. The highest BCUT2D eigenvalue weighted by molar-refractivity contribution is 7.14. The Labute approximate surface area is 88.5 Å². The minimum atomic E-state index is 0.599. The van der Waals surface area contributed by atoms with Gasteiger partial charge >= 0.3 is 0 Å². The van der Waals surface area contributed by atoms with E-state index in [1.54, 1.807) is 11.3 Å². The molecule has 0 aromatic carbocycles. The van der Waals surface area contributed by atoms with Crippen molar-refractivity contribution in [2.24, 2.45) is 0 Å². The molecule has 2 nitrogen and oxygen atoms in total. The van der Waals surface area contributed by atoms with E-state index >= 15 is 0 Å². The number of hydrogen-bond donors (Lipinski definition) is 0. The molecule has 0 unspecified atom stereocenters. The molecule has 1 rings (SSSR count). The van der Waals surface area contributed by atoms with E-state index in [2.05, 4.69) is 23.9 Å². The number of thiazole rings is 1. The van der Waals surface area contributed by atoms with Crippen LogP contribution in [0.5, 0.6) is 0 Å². The van der Waals surface area contributed by atoms with Crippen LogP contribution in [0.1, 0.15) is 26.2 Å². The summed E-state index contributed by atoms with van der Waals surface area (Å²) in [7, 11) is 2.06. The second-order valence-corrected chi connectivity index (χ2v) is 4.31. The molecule has 0 atom stereocenters. The first-order valence-corrected chi connectivity index (χ1v) is 5.82. The van der Waals surface area contributed by atoms with Crippen molar-refractivity contribution in [2.45, 2.75) is 26.2 Å². The van der Waals surface area contributed by atoms with E-state index in [0.717, 1.165) is 11.7 Å². The van der Waals surface area contributed by atoms with Gasteiger partial charge in [-0.15, -0.1) is 11.3 Å². The first-order valence-electron chi connectivity index (χ1n) is 4.56. The van der Waals surface area contributed by atoms with Crippen LogP contribution in [0.4, 0.5) is 5.13 Å². The lowest BCUT2D eigenvalue weighted by molar-refractivity contribution is 0.704. The summed E-state index contributed by atoms with van der Waals surface area (Å²) in [6.45, 7) is 3.28. The van der Waals surface area contributed by atoms with Gasteiger partial charge in [-0.05, 0) is 6.42 Å². The summed E-state index contributed by atoms with van der Waals surface area (Å²) in [6.07, 6.45) is 3.76. The van der Waals surface area contributed by atoms with Gasteiger partial charge in [-0.1, -0.05) is 31.4 Å². The Hall–Kier alpha value is -0.280. The molecule has 0 radical (unpaired) electrons. The molecule has 0 spiro atoms. The lowest BCUT2D eigenvalue weighted by Crippen LogP contribution is -2.17. The molecule has 0 amide bonds. The number of aromatic nitrogens is 1. The second kappa shape index (κ2) is 5.45. The van der Waals surface area contributed by atoms with E-state index in [0.29, 0.717) is 5.15 Å². The van der Waals surface area contributed by atoms with Crippen LogP contribution in [-0.2, 0) is 0 Å². The minimum Gasteiger partial charge on any atom is -0.351 e. The molecular formula is C9H15ClN2S. The van der Waals surface area contributed by atoms with Gasteiger partial charge in [0.1, 0.15) is 5.15 Å². The van der Waals surface area contributed by atoms with Gasteiger partial charge in [0.25, 0.3) is 0 Å². The summed E-state index contributed by atoms with van der Waals surface area (Å²) in [5.41, 5.74) is 0. The number of hydrogen-bond acceptors (Lipinski definition) is 3. The number of anilines is 1. The van der Waals surface area contributed by atoms with Gasteiger partial charge in [0, 0.05) is 19.0 Å². The smallest absolute Gasteiger partial charge is 0.186 e. The maximum Gasteiger partial charge on any atom is 0.186 e. The van der Waals surface area contributed by atoms with E-state index < -0.39 is 0 Å². The molecule has 74 valence electrons. The van der Waals surface area contributed by atoms with Crippen LogP contribution >= 0.6 is 22.9 Å². The molecule has 0 saturated carbocycles. The van der Waals surface area contributed by atoms with E-state index in [-0.39, 0.29) is 0 Å². The lowest BCUT2D eigenvalue weighted by atomic mass is 10.2. The van der Waals surface area contributed by atoms with Crippen molar-refractivity contribution in [3.05, 3.63) is 10.5 Å². The molecule has 1 aromatic rings. The SMILES string of the molecule is CCCCCN(C)c1nc(Cl)cs1. The molecule has 0 aliphatic carbocycles. The minimum absolute atomic E-state index is 0.599. The van der Waals surface area contributed by atoms with Crippen molar-refractivity contribution >= 4 is 28.1 Å². The molecule has 1 aromatic heterocycles. The Morgan fingerprint density at radius 2 is 2.31 bits per heavy atom. The molecule has 0 aliphatic heterocycles. The van der Waals surface area contributed by atoms with Crippen LogP contribution in [0.2, 0.25) is 5.15 Å². The Kier molecular flexibility index (Phi) is 4.53. The fraction of sp³-hybridized carbons (Fsp3) is 0.667. The third-order valence-electron chi connectivity index (χ3n) is 1.89. The normalized spacial score (nSPS) is 10.4. The van der Waals surface area contributed by atoms with Crippen LogP contribution in [0.15, 0.2) is 5.38 Å². The van der Waals surface area contributed by atoms with Crippen LogP contribution in [0, 0.1) is 0 Å². The van der Waals surface area contributed by atoms with Crippen LogP contribution in [0.25, 0.3) is 0 Å². The molecule has 0 aliphatic rings. The van der Waals surface area contributed by atoms with E-state index in [4.69, 9.17) is 11.6 Å². The third kappa shape index (κ3) is 3.53. The Morgan fingerprint density at radius 3 is 2.85 bits per heavy atom. The molecule has 0 N–H and O–H groups in total. The molecular weight excluding hydrogens is 204 g/mol. The summed E-state index contributed by atoms with van der Waals surface area (Å²) >= 11 is 7.34. The monoisotopic (exact) mass is 218 g/mol. The Morgan fingerprint density at radius 1 is 1.54 bits per heavy atom. The largest absolute Gasteiger partial charge is 0.351 e. The topological polar surface area (TPSA) is 16.1 Å². The van der Waals surface area contributed by atoms with Gasteiger partial charge in [-0.25, -0.2) is 4.98 Å². The molecule has 0 saturated heterocycles. The highest BCUT2D eigenvalue weighted by Crippen LogP contribution is 2.22. The average Bonchev–Trinajstić information content (AvgIpc) is 2.52. The molecule has 0 bridgehead atoms. The zero-order valence-corrected chi connectivity index (χ0v) is 9.66.